The van der Waals surface area contributed by atoms with Gasteiger partial charge in [-0.05, 0) is 62.4 Å². The van der Waals surface area contributed by atoms with Gasteiger partial charge in [-0.15, -0.1) is 0 Å². The van der Waals surface area contributed by atoms with Gasteiger partial charge in [0.15, 0.2) is 0 Å². The first-order valence-corrected chi connectivity index (χ1v) is 10.0. The molecule has 0 heterocycles. The highest BCUT2D eigenvalue weighted by atomic mass is 31.2. The molecule has 3 rings (SSSR count). The van der Waals surface area contributed by atoms with Crippen LogP contribution in [0, 0.1) is 13.8 Å². The molecule has 0 saturated carbocycles. The molecule has 3 aromatic rings. The fourth-order valence-electron chi connectivity index (χ4n) is 2.36. The van der Waals surface area contributed by atoms with Crippen LogP contribution in [-0.4, -0.2) is 7.11 Å². The lowest BCUT2D eigenvalue weighted by atomic mass is 10.2. The molecular weight excluding hydrogens is 361 g/mol. The molecule has 140 valence electrons. The predicted molar refractivity (Wildman–Crippen MR) is 108 cm³/mol. The van der Waals surface area contributed by atoms with Gasteiger partial charge in [-0.2, -0.15) is 0 Å². The van der Waals surface area contributed by atoms with E-state index in [2.05, 4.69) is 5.09 Å². The Morgan fingerprint density at radius 3 is 1.48 bits per heavy atom. The van der Waals surface area contributed by atoms with Crippen molar-refractivity contribution in [2.45, 2.75) is 13.8 Å². The lowest BCUT2D eigenvalue weighted by Gasteiger charge is -2.21. The molecule has 3 aromatic carbocycles. The van der Waals surface area contributed by atoms with Crippen molar-refractivity contribution in [3.63, 3.8) is 0 Å². The molecule has 1 N–H and O–H groups in total. The summed E-state index contributed by atoms with van der Waals surface area (Å²) in [4.78, 5) is 0. The van der Waals surface area contributed by atoms with Gasteiger partial charge < -0.3 is 13.8 Å². The molecule has 0 spiro atoms. The summed E-state index contributed by atoms with van der Waals surface area (Å²) in [6.45, 7) is 3.95. The van der Waals surface area contributed by atoms with Crippen LogP contribution in [0.1, 0.15) is 11.1 Å². The first kappa shape index (κ1) is 18.9. The number of anilines is 1. The van der Waals surface area contributed by atoms with Gasteiger partial charge >= 0.3 is 7.75 Å². The first-order valence-electron chi connectivity index (χ1n) is 8.51. The van der Waals surface area contributed by atoms with Crippen LogP contribution in [0.25, 0.3) is 0 Å². The summed E-state index contributed by atoms with van der Waals surface area (Å²) in [7, 11) is -2.14. The van der Waals surface area contributed by atoms with Crippen LogP contribution in [0.3, 0.4) is 0 Å². The third kappa shape index (κ3) is 5.28. The molecular formula is C21H22NO4P. The van der Waals surface area contributed by atoms with E-state index in [-0.39, 0.29) is 0 Å². The largest absolute Gasteiger partial charge is 0.541 e. The number of ether oxygens (including phenoxy) is 1. The monoisotopic (exact) mass is 383 g/mol. The zero-order valence-electron chi connectivity index (χ0n) is 15.5. The minimum Gasteiger partial charge on any atom is -0.497 e. The van der Waals surface area contributed by atoms with E-state index in [1.165, 1.54) is 0 Å². The first-order chi connectivity index (χ1) is 13.0. The predicted octanol–water partition coefficient (Wildman–Crippen LogP) is 5.99. The van der Waals surface area contributed by atoms with Gasteiger partial charge in [0.1, 0.15) is 17.2 Å². The van der Waals surface area contributed by atoms with E-state index in [4.69, 9.17) is 13.8 Å². The number of rotatable bonds is 7. The molecule has 27 heavy (non-hydrogen) atoms. The van der Waals surface area contributed by atoms with Crippen molar-refractivity contribution in [1.29, 1.82) is 0 Å². The van der Waals surface area contributed by atoms with Crippen LogP contribution < -0.4 is 18.9 Å². The van der Waals surface area contributed by atoms with E-state index < -0.39 is 7.75 Å². The van der Waals surface area contributed by atoms with Crippen LogP contribution >= 0.6 is 7.75 Å². The zero-order valence-corrected chi connectivity index (χ0v) is 16.4. The van der Waals surface area contributed by atoms with Crippen LogP contribution in [0.2, 0.25) is 0 Å². The maximum atomic E-state index is 13.5. The minimum absolute atomic E-state index is 0.456. The quantitative estimate of drug-likeness (QED) is 0.508. The van der Waals surface area contributed by atoms with Crippen molar-refractivity contribution in [2.24, 2.45) is 0 Å². The van der Waals surface area contributed by atoms with E-state index in [1.54, 1.807) is 55.6 Å². The van der Waals surface area contributed by atoms with E-state index >= 15 is 0 Å². The van der Waals surface area contributed by atoms with Crippen LogP contribution in [0.4, 0.5) is 5.69 Å². The highest BCUT2D eigenvalue weighted by Gasteiger charge is 2.29. The van der Waals surface area contributed by atoms with E-state index in [0.29, 0.717) is 22.9 Å². The molecule has 0 saturated heterocycles. The second kappa shape index (κ2) is 8.19. The summed E-state index contributed by atoms with van der Waals surface area (Å²) in [5.74, 6) is 1.61. The Kier molecular flexibility index (Phi) is 5.72. The third-order valence-electron chi connectivity index (χ3n) is 3.85. The van der Waals surface area contributed by atoms with Crippen molar-refractivity contribution < 1.29 is 18.3 Å². The SMILES string of the molecule is COc1ccc(NP(=O)(Oc2ccc(C)cc2)Oc2ccc(C)cc2)cc1. The Labute approximate surface area is 159 Å². The van der Waals surface area contributed by atoms with E-state index in [9.17, 15) is 4.57 Å². The van der Waals surface area contributed by atoms with Crippen molar-refractivity contribution in [3.05, 3.63) is 83.9 Å². The van der Waals surface area contributed by atoms with Gasteiger partial charge in [-0.3, -0.25) is 5.09 Å². The van der Waals surface area contributed by atoms with E-state index in [0.717, 1.165) is 11.1 Å². The second-order valence-electron chi connectivity index (χ2n) is 6.15. The highest BCUT2D eigenvalue weighted by molar-refractivity contribution is 7.56. The Morgan fingerprint density at radius 2 is 1.07 bits per heavy atom. The van der Waals surface area contributed by atoms with Crippen LogP contribution in [-0.2, 0) is 4.57 Å². The topological polar surface area (TPSA) is 56.8 Å². The van der Waals surface area contributed by atoms with Crippen LogP contribution in [0.5, 0.6) is 17.2 Å². The molecule has 0 bridgehead atoms. The minimum atomic E-state index is -3.73. The summed E-state index contributed by atoms with van der Waals surface area (Å²) in [5, 5.41) is 2.89. The van der Waals surface area contributed by atoms with Gasteiger partial charge in [-0.25, -0.2) is 4.57 Å². The smallest absolute Gasteiger partial charge is 0.497 e. The fraction of sp³-hybridized carbons (Fsp3) is 0.143. The average molecular weight is 383 g/mol. The van der Waals surface area contributed by atoms with Crippen molar-refractivity contribution in [3.8, 4) is 17.2 Å². The molecule has 0 aliphatic carbocycles. The Morgan fingerprint density at radius 1 is 0.667 bits per heavy atom. The van der Waals surface area contributed by atoms with Crippen molar-refractivity contribution in [2.75, 3.05) is 12.2 Å². The summed E-state index contributed by atoms with van der Waals surface area (Å²) in [6.07, 6.45) is 0. The number of benzene rings is 3. The van der Waals surface area contributed by atoms with E-state index in [1.807, 2.05) is 38.1 Å². The molecule has 0 aliphatic rings. The molecule has 0 unspecified atom stereocenters. The Balaban J connectivity index is 1.87. The van der Waals surface area contributed by atoms with Crippen molar-refractivity contribution in [1.82, 2.24) is 0 Å². The van der Waals surface area contributed by atoms with Crippen molar-refractivity contribution >= 4 is 13.4 Å². The summed E-state index contributed by atoms with van der Waals surface area (Å²) in [5.41, 5.74) is 2.76. The molecule has 5 nitrogen and oxygen atoms in total. The summed E-state index contributed by atoms with van der Waals surface area (Å²) < 4.78 is 30.1. The number of hydrogen-bond donors (Lipinski definition) is 1. The molecule has 0 amide bonds. The van der Waals surface area contributed by atoms with Gasteiger partial charge in [0, 0.05) is 5.69 Å². The molecule has 0 fully saturated rings. The molecule has 6 heteroatoms. The lowest BCUT2D eigenvalue weighted by molar-refractivity contribution is 0.392. The maximum absolute atomic E-state index is 13.5. The number of methoxy groups -OCH3 is 1. The number of hydrogen-bond acceptors (Lipinski definition) is 4. The Hall–Kier alpha value is -2.91. The lowest BCUT2D eigenvalue weighted by Crippen LogP contribution is -2.10. The van der Waals surface area contributed by atoms with Crippen LogP contribution in [0.15, 0.2) is 72.8 Å². The molecule has 0 aromatic heterocycles. The third-order valence-corrected chi connectivity index (χ3v) is 5.28. The standard InChI is InChI=1S/C21H22NO4P/c1-16-4-10-20(11-5-16)25-27(23,26-21-12-6-17(2)7-13-21)22-18-8-14-19(24-3)15-9-18/h4-15H,1-3H3,(H,22,23). The van der Waals surface area contributed by atoms with Gasteiger partial charge in [0.2, 0.25) is 0 Å². The molecule has 0 atom stereocenters. The maximum Gasteiger partial charge on any atom is 0.541 e. The molecule has 0 radical (unpaired) electrons. The van der Waals surface area contributed by atoms with Gasteiger partial charge in [0.05, 0.1) is 7.11 Å². The second-order valence-corrected chi connectivity index (χ2v) is 7.73. The zero-order chi connectivity index (χ0) is 19.3. The summed E-state index contributed by atoms with van der Waals surface area (Å²) in [6, 6.07) is 21.6. The number of aryl methyl sites for hydroxylation is 2. The summed E-state index contributed by atoms with van der Waals surface area (Å²) >= 11 is 0. The average Bonchev–Trinajstić information content (AvgIpc) is 2.66. The molecule has 0 aliphatic heterocycles. The van der Waals surface area contributed by atoms with Gasteiger partial charge in [-0.1, -0.05) is 35.4 Å². The fourth-order valence-corrected chi connectivity index (χ4v) is 3.76. The Bertz CT molecular complexity index is 870. The normalized spacial score (nSPS) is 10.9. The number of nitrogens with one attached hydrogen (secondary N) is 1. The highest BCUT2D eigenvalue weighted by Crippen LogP contribution is 2.48. The van der Waals surface area contributed by atoms with Gasteiger partial charge in [0.25, 0.3) is 0 Å².